The van der Waals surface area contributed by atoms with E-state index < -0.39 is 12.0 Å². The highest BCUT2D eigenvalue weighted by Gasteiger charge is 2.41. The molecule has 0 radical (unpaired) electrons. The number of aromatic nitrogens is 1. The number of nitrogens with one attached hydrogen (secondary N) is 1. The zero-order valence-corrected chi connectivity index (χ0v) is 19.2. The number of hydrogen-bond donors (Lipinski definition) is 2. The van der Waals surface area contributed by atoms with Gasteiger partial charge < -0.3 is 15.0 Å². The van der Waals surface area contributed by atoms with E-state index in [0.717, 1.165) is 28.5 Å². The van der Waals surface area contributed by atoms with Gasteiger partial charge in [0, 0.05) is 52.8 Å². The van der Waals surface area contributed by atoms with Crippen LogP contribution >= 0.6 is 23.2 Å². The number of para-hydroxylation sites is 1. The maximum atomic E-state index is 13.4. The molecule has 7 heteroatoms. The van der Waals surface area contributed by atoms with Crippen LogP contribution in [0.2, 0.25) is 10.0 Å². The first-order chi connectivity index (χ1) is 14.8. The molecule has 2 heterocycles. The molecule has 2 N–H and O–H groups in total. The van der Waals surface area contributed by atoms with E-state index in [-0.39, 0.29) is 11.9 Å². The van der Waals surface area contributed by atoms with Crippen LogP contribution in [0.4, 0.5) is 0 Å². The van der Waals surface area contributed by atoms with Gasteiger partial charge in [0.2, 0.25) is 5.91 Å². The molecule has 2 aromatic carbocycles. The number of halogens is 2. The third-order valence-electron chi connectivity index (χ3n) is 6.18. The highest BCUT2D eigenvalue weighted by Crippen LogP contribution is 2.30. The number of fused-ring (bicyclic) bond motifs is 1. The van der Waals surface area contributed by atoms with E-state index in [4.69, 9.17) is 23.2 Å². The first kappa shape index (κ1) is 22.2. The number of benzene rings is 2. The van der Waals surface area contributed by atoms with Gasteiger partial charge >= 0.3 is 0 Å². The molecule has 4 rings (SSSR count). The van der Waals surface area contributed by atoms with Crippen LogP contribution in [0.1, 0.15) is 24.5 Å². The maximum absolute atomic E-state index is 13.4. The van der Waals surface area contributed by atoms with Gasteiger partial charge in [0.25, 0.3) is 0 Å². The Morgan fingerprint density at radius 2 is 1.94 bits per heavy atom. The van der Waals surface area contributed by atoms with Crippen LogP contribution in [-0.4, -0.2) is 51.5 Å². The molecular formula is C24H27Cl2N3O2. The van der Waals surface area contributed by atoms with Crippen molar-refractivity contribution in [2.24, 2.45) is 5.92 Å². The number of nitrogens with zero attached hydrogens (tertiary/aromatic N) is 2. The van der Waals surface area contributed by atoms with Gasteiger partial charge in [0.1, 0.15) is 0 Å². The van der Waals surface area contributed by atoms with Gasteiger partial charge in [-0.3, -0.25) is 9.69 Å². The Bertz CT molecular complexity index is 1060. The normalized spacial score (nSPS) is 20.6. The monoisotopic (exact) mass is 459 g/mol. The van der Waals surface area contributed by atoms with E-state index in [1.165, 1.54) is 0 Å². The fourth-order valence-corrected chi connectivity index (χ4v) is 5.28. The van der Waals surface area contributed by atoms with Gasteiger partial charge in [0.15, 0.2) is 0 Å². The topological polar surface area (TPSA) is 59.6 Å². The summed E-state index contributed by atoms with van der Waals surface area (Å²) in [5, 5.41) is 12.8. The quantitative estimate of drug-likeness (QED) is 0.561. The van der Waals surface area contributed by atoms with Crippen molar-refractivity contribution in [3.8, 4) is 0 Å². The molecule has 5 nitrogen and oxygen atoms in total. The van der Waals surface area contributed by atoms with Gasteiger partial charge in [-0.25, -0.2) is 0 Å². The number of piperidine rings is 1. The summed E-state index contributed by atoms with van der Waals surface area (Å²) in [7, 11) is 1.98. The van der Waals surface area contributed by atoms with Crippen LogP contribution in [0.5, 0.6) is 0 Å². The van der Waals surface area contributed by atoms with Crippen LogP contribution in [-0.2, 0) is 17.9 Å². The summed E-state index contributed by atoms with van der Waals surface area (Å²) in [6.07, 6.45) is 2.01. The second-order valence-electron chi connectivity index (χ2n) is 8.43. The van der Waals surface area contributed by atoms with Gasteiger partial charge in [-0.05, 0) is 55.8 Å². The summed E-state index contributed by atoms with van der Waals surface area (Å²) in [5.74, 6) is -0.494. The zero-order chi connectivity index (χ0) is 22.1. The molecule has 31 heavy (non-hydrogen) atoms. The number of likely N-dealkylation sites (tertiary alicyclic amines) is 1. The number of carbonyl (C=O) groups excluding carboxylic acids is 1. The minimum atomic E-state index is -0.742. The van der Waals surface area contributed by atoms with Crippen LogP contribution in [0, 0.1) is 5.92 Å². The van der Waals surface area contributed by atoms with E-state index in [9.17, 15) is 9.90 Å². The standard InChI is InChI=1S/C24H27Cl2N3O2/c1-15(30)23-22(28(2)13-16-9-18(25)11-19(26)10-16)7-8-29(24(23)31)14-17-12-27-21-6-4-3-5-20(17)21/h3-6,9-12,15,22-23,27,30H,7-8,13-14H2,1-2H3/t15-,22?,23?/m1/s1. The van der Waals surface area contributed by atoms with Crippen LogP contribution in [0.15, 0.2) is 48.7 Å². The number of rotatable bonds is 6. The van der Waals surface area contributed by atoms with Crippen molar-refractivity contribution in [3.05, 3.63) is 69.8 Å². The molecule has 0 bridgehead atoms. The number of carbonyl (C=O) groups is 1. The Balaban J connectivity index is 1.51. The Kier molecular flexibility index (Phi) is 6.58. The molecule has 1 aliphatic rings. The average Bonchev–Trinajstić information content (AvgIpc) is 3.11. The lowest BCUT2D eigenvalue weighted by molar-refractivity contribution is -0.148. The summed E-state index contributed by atoms with van der Waals surface area (Å²) in [6.45, 7) is 3.48. The summed E-state index contributed by atoms with van der Waals surface area (Å²) >= 11 is 12.3. The number of amides is 1. The highest BCUT2D eigenvalue weighted by molar-refractivity contribution is 6.34. The van der Waals surface area contributed by atoms with E-state index in [0.29, 0.717) is 29.7 Å². The van der Waals surface area contributed by atoms with Crippen molar-refractivity contribution in [3.63, 3.8) is 0 Å². The number of hydrogen-bond acceptors (Lipinski definition) is 3. The van der Waals surface area contributed by atoms with Gasteiger partial charge in [-0.15, -0.1) is 0 Å². The fraction of sp³-hybridized carbons (Fsp3) is 0.375. The maximum Gasteiger partial charge on any atom is 0.230 e. The smallest absolute Gasteiger partial charge is 0.230 e. The fourth-order valence-electron chi connectivity index (χ4n) is 4.71. The zero-order valence-electron chi connectivity index (χ0n) is 17.7. The Hall–Kier alpha value is -2.05. The first-order valence-corrected chi connectivity index (χ1v) is 11.3. The van der Waals surface area contributed by atoms with Crippen molar-refractivity contribution < 1.29 is 9.90 Å². The van der Waals surface area contributed by atoms with E-state index >= 15 is 0 Å². The summed E-state index contributed by atoms with van der Waals surface area (Å²) in [4.78, 5) is 20.7. The Morgan fingerprint density at radius 1 is 1.23 bits per heavy atom. The van der Waals surface area contributed by atoms with E-state index in [2.05, 4.69) is 16.0 Å². The van der Waals surface area contributed by atoms with Crippen molar-refractivity contribution >= 4 is 40.0 Å². The van der Waals surface area contributed by atoms with Gasteiger partial charge in [-0.1, -0.05) is 41.4 Å². The second-order valence-corrected chi connectivity index (χ2v) is 9.31. The molecule has 3 aromatic rings. The van der Waals surface area contributed by atoms with Crippen molar-refractivity contribution in [1.29, 1.82) is 0 Å². The predicted molar refractivity (Wildman–Crippen MR) is 125 cm³/mol. The molecular weight excluding hydrogens is 433 g/mol. The minimum absolute atomic E-state index is 0.00694. The molecule has 164 valence electrons. The van der Waals surface area contributed by atoms with Crippen LogP contribution < -0.4 is 0 Å². The van der Waals surface area contributed by atoms with Crippen molar-refractivity contribution in [1.82, 2.24) is 14.8 Å². The van der Waals surface area contributed by atoms with Gasteiger partial charge in [0.05, 0.1) is 12.0 Å². The van der Waals surface area contributed by atoms with Crippen molar-refractivity contribution in [2.45, 2.75) is 38.6 Å². The SMILES string of the molecule is C[C@@H](O)C1C(=O)N(Cc2c[nH]c3ccccc23)CCC1N(C)Cc1cc(Cl)cc(Cl)c1. The molecule has 1 saturated heterocycles. The Labute approximate surface area is 192 Å². The summed E-state index contributed by atoms with van der Waals surface area (Å²) in [6, 6.07) is 13.5. The second kappa shape index (κ2) is 9.21. The largest absolute Gasteiger partial charge is 0.393 e. The third kappa shape index (κ3) is 4.75. The highest BCUT2D eigenvalue weighted by atomic mass is 35.5. The lowest BCUT2D eigenvalue weighted by atomic mass is 9.85. The van der Waals surface area contributed by atoms with Crippen LogP contribution in [0.25, 0.3) is 10.9 Å². The van der Waals surface area contributed by atoms with Gasteiger partial charge in [-0.2, -0.15) is 0 Å². The molecule has 1 aromatic heterocycles. The molecule has 0 aliphatic carbocycles. The molecule has 1 amide bonds. The Morgan fingerprint density at radius 3 is 2.65 bits per heavy atom. The number of aliphatic hydroxyl groups is 1. The van der Waals surface area contributed by atoms with E-state index in [1.54, 1.807) is 13.0 Å². The number of H-pyrrole nitrogens is 1. The third-order valence-corrected chi connectivity index (χ3v) is 6.62. The number of aliphatic hydroxyl groups excluding tert-OH is 1. The lowest BCUT2D eigenvalue weighted by Crippen LogP contribution is -2.56. The molecule has 1 aliphatic heterocycles. The minimum Gasteiger partial charge on any atom is -0.393 e. The summed E-state index contributed by atoms with van der Waals surface area (Å²) < 4.78 is 0. The number of aromatic amines is 1. The average molecular weight is 460 g/mol. The predicted octanol–water partition coefficient (Wildman–Crippen LogP) is 4.70. The molecule has 0 saturated carbocycles. The summed E-state index contributed by atoms with van der Waals surface area (Å²) in [5.41, 5.74) is 3.14. The molecule has 1 fully saturated rings. The lowest BCUT2D eigenvalue weighted by Gasteiger charge is -2.43. The first-order valence-electron chi connectivity index (χ1n) is 10.5. The van der Waals surface area contributed by atoms with Crippen molar-refractivity contribution in [2.75, 3.05) is 13.6 Å². The van der Waals surface area contributed by atoms with Crippen LogP contribution in [0.3, 0.4) is 0 Å². The molecule has 0 spiro atoms. The molecule has 3 atom stereocenters. The van der Waals surface area contributed by atoms with E-state index in [1.807, 2.05) is 48.5 Å². The molecule has 2 unspecified atom stereocenters.